The second-order valence-corrected chi connectivity index (χ2v) is 8.69. The normalized spacial score (nSPS) is 11.0. The lowest BCUT2D eigenvalue weighted by molar-refractivity contribution is -0.133. The molecule has 0 atom stereocenters. The third kappa shape index (κ3) is 5.92. The van der Waals surface area contributed by atoms with Crippen LogP contribution < -0.4 is 5.32 Å². The number of carbonyl (C=O) groups is 3. The number of nitrogens with one attached hydrogen (secondary N) is 1. The van der Waals surface area contributed by atoms with Gasteiger partial charge in [-0.2, -0.15) is 0 Å². The molecule has 1 aromatic carbocycles. The van der Waals surface area contributed by atoms with Gasteiger partial charge in [-0.05, 0) is 24.1 Å². The van der Waals surface area contributed by atoms with E-state index >= 15 is 0 Å². The Morgan fingerprint density at radius 3 is 2.39 bits per heavy atom. The first kappa shape index (κ1) is 21.6. The number of aryl methyl sites for hydroxylation is 1. The van der Waals surface area contributed by atoms with E-state index in [-0.39, 0.29) is 18.4 Å². The van der Waals surface area contributed by atoms with Crippen LogP contribution in [-0.2, 0) is 20.9 Å². The van der Waals surface area contributed by atoms with Gasteiger partial charge in [0.15, 0.2) is 6.61 Å². The van der Waals surface area contributed by atoms with Crippen LogP contribution in [0.25, 0.3) is 0 Å². The summed E-state index contributed by atoms with van der Waals surface area (Å²) in [6.45, 7) is 7.32. The Labute approximate surface area is 169 Å². The van der Waals surface area contributed by atoms with Gasteiger partial charge in [0.05, 0.1) is 5.00 Å². The Bertz CT molecular complexity index is 853. The lowest BCUT2D eigenvalue weighted by Crippen LogP contribution is -2.30. The number of benzene rings is 1. The van der Waals surface area contributed by atoms with E-state index in [4.69, 9.17) is 4.74 Å². The van der Waals surface area contributed by atoms with Crippen molar-refractivity contribution in [2.45, 2.75) is 34.2 Å². The third-order valence-electron chi connectivity index (χ3n) is 4.04. The molecule has 0 aliphatic carbocycles. The van der Waals surface area contributed by atoms with Gasteiger partial charge in [0.1, 0.15) is 4.88 Å². The summed E-state index contributed by atoms with van der Waals surface area (Å²) >= 11 is 1.14. The molecule has 0 fully saturated rings. The zero-order valence-corrected chi connectivity index (χ0v) is 17.7. The van der Waals surface area contributed by atoms with E-state index in [1.54, 1.807) is 20.0 Å². The number of likely N-dealkylation sites (N-methyl/N-ethyl adjacent to an activating group) is 1. The topological polar surface area (TPSA) is 75.7 Å². The molecule has 150 valence electrons. The molecule has 7 heteroatoms. The molecule has 1 N–H and O–H groups in total. The number of carbonyl (C=O) groups excluding carboxylic acids is 3. The highest BCUT2D eigenvalue weighted by molar-refractivity contribution is 7.18. The molecule has 0 aliphatic heterocycles. The van der Waals surface area contributed by atoms with E-state index in [1.807, 2.05) is 51.1 Å². The fourth-order valence-electron chi connectivity index (χ4n) is 2.29. The molecule has 0 unspecified atom stereocenters. The van der Waals surface area contributed by atoms with Crippen LogP contribution >= 0.6 is 11.3 Å². The van der Waals surface area contributed by atoms with Gasteiger partial charge in [-0.1, -0.05) is 51.1 Å². The molecule has 0 radical (unpaired) electrons. The Balaban J connectivity index is 1.92. The summed E-state index contributed by atoms with van der Waals surface area (Å²) in [5.41, 5.74) is 1.16. The van der Waals surface area contributed by atoms with Gasteiger partial charge in [0, 0.05) is 19.0 Å². The van der Waals surface area contributed by atoms with E-state index in [9.17, 15) is 14.4 Å². The lowest BCUT2D eigenvalue weighted by atomic mass is 9.96. The highest BCUT2D eigenvalue weighted by Crippen LogP contribution is 2.29. The van der Waals surface area contributed by atoms with E-state index in [2.05, 4.69) is 5.32 Å². The van der Waals surface area contributed by atoms with Crippen molar-refractivity contribution in [3.05, 3.63) is 52.4 Å². The largest absolute Gasteiger partial charge is 0.451 e. The highest BCUT2D eigenvalue weighted by Gasteiger charge is 2.23. The van der Waals surface area contributed by atoms with Crippen molar-refractivity contribution < 1.29 is 19.1 Å². The van der Waals surface area contributed by atoms with Crippen molar-refractivity contribution in [1.82, 2.24) is 4.90 Å². The van der Waals surface area contributed by atoms with Crippen molar-refractivity contribution in [1.29, 1.82) is 0 Å². The van der Waals surface area contributed by atoms with Crippen molar-refractivity contribution in [3.63, 3.8) is 0 Å². The molecule has 28 heavy (non-hydrogen) atoms. The average molecular weight is 403 g/mol. The molecule has 0 saturated carbocycles. The van der Waals surface area contributed by atoms with Crippen molar-refractivity contribution >= 4 is 34.1 Å². The number of ether oxygens (including phenoxy) is 1. The first-order chi connectivity index (χ1) is 13.1. The summed E-state index contributed by atoms with van der Waals surface area (Å²) in [6, 6.07) is 11.3. The predicted molar refractivity (Wildman–Crippen MR) is 110 cm³/mol. The van der Waals surface area contributed by atoms with Gasteiger partial charge in [-0.3, -0.25) is 9.59 Å². The number of rotatable bonds is 6. The smallest absolute Gasteiger partial charge is 0.349 e. The van der Waals surface area contributed by atoms with Crippen LogP contribution in [0.5, 0.6) is 0 Å². The van der Waals surface area contributed by atoms with Gasteiger partial charge in [-0.15, -0.1) is 11.3 Å². The number of esters is 1. The van der Waals surface area contributed by atoms with Gasteiger partial charge in [-0.25, -0.2) is 4.79 Å². The molecule has 0 aliphatic rings. The minimum absolute atomic E-state index is 0.133. The monoisotopic (exact) mass is 402 g/mol. The molecule has 0 bridgehead atoms. The molecule has 0 saturated heterocycles. The number of hydrogen-bond donors (Lipinski definition) is 1. The molecule has 2 aromatic rings. The Morgan fingerprint density at radius 2 is 1.79 bits per heavy atom. The first-order valence-electron chi connectivity index (χ1n) is 8.95. The van der Waals surface area contributed by atoms with Crippen LogP contribution in [0.15, 0.2) is 36.4 Å². The predicted octanol–water partition coefficient (Wildman–Crippen LogP) is 3.86. The minimum Gasteiger partial charge on any atom is -0.451 e. The number of anilines is 1. The highest BCUT2D eigenvalue weighted by atomic mass is 32.1. The van der Waals surface area contributed by atoms with Gasteiger partial charge < -0.3 is 15.0 Å². The first-order valence-corrected chi connectivity index (χ1v) is 9.76. The zero-order chi connectivity index (χ0) is 20.9. The number of thiophene rings is 1. The molecule has 1 heterocycles. The van der Waals surface area contributed by atoms with Gasteiger partial charge in [0.25, 0.3) is 5.91 Å². The summed E-state index contributed by atoms with van der Waals surface area (Å²) in [5.74, 6) is -0.987. The number of amides is 2. The van der Waals surface area contributed by atoms with Crippen molar-refractivity contribution in [2.24, 2.45) is 5.41 Å². The molecule has 6 nitrogen and oxygen atoms in total. The summed E-state index contributed by atoms with van der Waals surface area (Å²) in [5, 5.41) is 3.39. The van der Waals surface area contributed by atoms with Crippen LogP contribution in [0.2, 0.25) is 0 Å². The standard InChI is InChI=1S/C21H26N2O4S/c1-14-11-16(22-20(26)21(2,3)4)28-18(14)19(25)27-13-17(24)23(5)12-15-9-7-6-8-10-15/h6-11H,12-13H2,1-5H3,(H,22,26). The zero-order valence-electron chi connectivity index (χ0n) is 16.9. The van der Waals surface area contributed by atoms with E-state index in [1.165, 1.54) is 4.90 Å². The second kappa shape index (κ2) is 9.01. The fraction of sp³-hybridized carbons (Fsp3) is 0.381. The van der Waals surface area contributed by atoms with Crippen LogP contribution in [-0.4, -0.2) is 36.3 Å². The molecule has 2 rings (SSSR count). The van der Waals surface area contributed by atoms with E-state index < -0.39 is 11.4 Å². The third-order valence-corrected chi connectivity index (χ3v) is 5.17. The Kier molecular flexibility index (Phi) is 6.96. The quantitative estimate of drug-likeness (QED) is 0.745. The number of hydrogen-bond acceptors (Lipinski definition) is 5. The van der Waals surface area contributed by atoms with Crippen LogP contribution in [0.3, 0.4) is 0 Å². The lowest BCUT2D eigenvalue weighted by Gasteiger charge is -2.17. The SMILES string of the molecule is Cc1cc(NC(=O)C(C)(C)C)sc1C(=O)OCC(=O)N(C)Cc1ccccc1. The van der Waals surface area contributed by atoms with Gasteiger partial charge >= 0.3 is 5.97 Å². The van der Waals surface area contributed by atoms with E-state index in [0.717, 1.165) is 16.9 Å². The second-order valence-electron chi connectivity index (χ2n) is 7.64. The van der Waals surface area contributed by atoms with E-state index in [0.29, 0.717) is 22.0 Å². The number of nitrogens with zero attached hydrogens (tertiary/aromatic N) is 1. The molecular weight excluding hydrogens is 376 g/mol. The molecular formula is C21H26N2O4S. The summed E-state index contributed by atoms with van der Waals surface area (Å²) in [7, 11) is 1.67. The van der Waals surface area contributed by atoms with Crippen molar-refractivity contribution in [3.8, 4) is 0 Å². The molecule has 0 spiro atoms. The maximum Gasteiger partial charge on any atom is 0.349 e. The van der Waals surface area contributed by atoms with Crippen LogP contribution in [0, 0.1) is 12.3 Å². The fourth-order valence-corrected chi connectivity index (χ4v) is 3.26. The maximum absolute atomic E-state index is 12.4. The van der Waals surface area contributed by atoms with Crippen molar-refractivity contribution in [2.75, 3.05) is 19.0 Å². The maximum atomic E-state index is 12.4. The summed E-state index contributed by atoms with van der Waals surface area (Å²) in [6.07, 6.45) is 0. The molecule has 1 aromatic heterocycles. The average Bonchev–Trinajstić information content (AvgIpc) is 2.99. The Morgan fingerprint density at radius 1 is 1.14 bits per heavy atom. The summed E-state index contributed by atoms with van der Waals surface area (Å²) in [4.78, 5) is 38.6. The van der Waals surface area contributed by atoms with Crippen LogP contribution in [0.4, 0.5) is 5.00 Å². The summed E-state index contributed by atoms with van der Waals surface area (Å²) < 4.78 is 5.18. The molecule has 2 amide bonds. The van der Waals surface area contributed by atoms with Gasteiger partial charge in [0.2, 0.25) is 5.91 Å². The van der Waals surface area contributed by atoms with Crippen LogP contribution in [0.1, 0.15) is 41.6 Å². The Hall–Kier alpha value is -2.67. The minimum atomic E-state index is -0.569.